The molecule has 1 aromatic carbocycles. The van der Waals surface area contributed by atoms with Gasteiger partial charge in [-0.25, -0.2) is 4.39 Å². The van der Waals surface area contributed by atoms with E-state index in [0.29, 0.717) is 5.92 Å². The van der Waals surface area contributed by atoms with Crippen molar-refractivity contribution in [2.75, 3.05) is 7.05 Å². The van der Waals surface area contributed by atoms with Crippen LogP contribution in [0.25, 0.3) is 0 Å². The average molecular weight is 314 g/mol. The van der Waals surface area contributed by atoms with Gasteiger partial charge in [0.2, 0.25) is 0 Å². The average Bonchev–Trinajstić information content (AvgIpc) is 2.31. The lowest BCUT2D eigenvalue weighted by Gasteiger charge is -2.33. The van der Waals surface area contributed by atoms with Crippen molar-refractivity contribution in [2.24, 2.45) is 11.8 Å². The number of hydrogen-bond acceptors (Lipinski definition) is 1. The predicted octanol–water partition coefficient (Wildman–Crippen LogP) is 4.68. The molecule has 3 heteroatoms. The summed E-state index contributed by atoms with van der Waals surface area (Å²) in [5.74, 6) is 1.31. The van der Waals surface area contributed by atoms with E-state index in [1.165, 1.54) is 31.7 Å². The Bertz CT molecular complexity index is 379. The van der Waals surface area contributed by atoms with Crippen LogP contribution in [0.3, 0.4) is 0 Å². The van der Waals surface area contributed by atoms with Gasteiger partial charge in [0.15, 0.2) is 0 Å². The van der Waals surface area contributed by atoms with E-state index in [1.54, 1.807) is 6.07 Å². The van der Waals surface area contributed by atoms with E-state index in [0.717, 1.165) is 16.0 Å². The lowest BCUT2D eigenvalue weighted by molar-refractivity contribution is 0.237. The van der Waals surface area contributed by atoms with Crippen LogP contribution in [-0.2, 0) is 0 Å². The highest BCUT2D eigenvalue weighted by atomic mass is 79.9. The van der Waals surface area contributed by atoms with Gasteiger partial charge in [0.25, 0.3) is 0 Å². The van der Waals surface area contributed by atoms with Crippen molar-refractivity contribution in [3.63, 3.8) is 0 Å². The molecule has 100 valence electrons. The number of benzene rings is 1. The van der Waals surface area contributed by atoms with Gasteiger partial charge in [-0.3, -0.25) is 0 Å². The molecule has 0 aromatic heterocycles. The summed E-state index contributed by atoms with van der Waals surface area (Å²) in [6.07, 6.45) is 5.06. The third kappa shape index (κ3) is 3.33. The quantitative estimate of drug-likeness (QED) is 0.854. The summed E-state index contributed by atoms with van der Waals surface area (Å²) in [5, 5.41) is 3.37. The van der Waals surface area contributed by atoms with Crippen LogP contribution >= 0.6 is 15.9 Å². The molecule has 1 nitrogen and oxygen atoms in total. The van der Waals surface area contributed by atoms with Crippen molar-refractivity contribution in [2.45, 2.75) is 38.6 Å². The molecule has 0 radical (unpaired) electrons. The van der Waals surface area contributed by atoms with E-state index in [9.17, 15) is 4.39 Å². The zero-order valence-electron chi connectivity index (χ0n) is 11.0. The minimum atomic E-state index is -0.163. The topological polar surface area (TPSA) is 12.0 Å². The van der Waals surface area contributed by atoms with Crippen molar-refractivity contribution in [1.82, 2.24) is 5.32 Å². The fourth-order valence-corrected chi connectivity index (χ4v) is 3.53. The Kier molecular flexibility index (Phi) is 4.79. The molecule has 0 spiro atoms. The molecule has 0 amide bonds. The fourth-order valence-electron chi connectivity index (χ4n) is 3.05. The van der Waals surface area contributed by atoms with Crippen LogP contribution in [0.2, 0.25) is 0 Å². The summed E-state index contributed by atoms with van der Waals surface area (Å²) in [5.41, 5.74) is 1.06. The predicted molar refractivity (Wildman–Crippen MR) is 77.0 cm³/mol. The van der Waals surface area contributed by atoms with Crippen molar-refractivity contribution < 1.29 is 4.39 Å². The minimum Gasteiger partial charge on any atom is -0.313 e. The standard InChI is InChI=1S/C15H21BrFN/c1-10-3-5-11(6-4-10)15(18-2)12-7-13(16)9-14(17)8-12/h7-11,15,18H,3-6H2,1-2H3. The third-order valence-corrected chi connectivity index (χ3v) is 4.54. The Morgan fingerprint density at radius 2 is 1.89 bits per heavy atom. The normalized spacial score (nSPS) is 26.0. The molecule has 1 atom stereocenters. The van der Waals surface area contributed by atoms with Crippen LogP contribution in [-0.4, -0.2) is 7.05 Å². The molecule has 1 N–H and O–H groups in total. The van der Waals surface area contributed by atoms with Gasteiger partial charge in [0, 0.05) is 10.5 Å². The second kappa shape index (κ2) is 6.16. The second-order valence-corrected chi connectivity index (χ2v) is 6.40. The molecule has 0 saturated heterocycles. The van der Waals surface area contributed by atoms with Crippen molar-refractivity contribution in [3.05, 3.63) is 34.1 Å². The maximum absolute atomic E-state index is 13.5. The van der Waals surface area contributed by atoms with Crippen molar-refractivity contribution in [3.8, 4) is 0 Å². The third-order valence-electron chi connectivity index (χ3n) is 4.09. The van der Waals surface area contributed by atoms with Crippen molar-refractivity contribution in [1.29, 1.82) is 0 Å². The first kappa shape index (κ1) is 14.0. The van der Waals surface area contributed by atoms with Gasteiger partial charge in [0.05, 0.1) is 0 Å². The molecule has 18 heavy (non-hydrogen) atoms. The van der Waals surface area contributed by atoms with Crippen LogP contribution in [0, 0.1) is 17.7 Å². The molecular weight excluding hydrogens is 293 g/mol. The fraction of sp³-hybridized carbons (Fsp3) is 0.600. The number of rotatable bonds is 3. The van der Waals surface area contributed by atoms with E-state index < -0.39 is 0 Å². The molecule has 1 unspecified atom stereocenters. The first-order valence-electron chi connectivity index (χ1n) is 6.73. The minimum absolute atomic E-state index is 0.163. The van der Waals surface area contributed by atoms with Gasteiger partial charge in [-0.15, -0.1) is 0 Å². The van der Waals surface area contributed by atoms with Gasteiger partial charge in [0.1, 0.15) is 5.82 Å². The second-order valence-electron chi connectivity index (χ2n) is 5.49. The molecular formula is C15H21BrFN. The number of hydrogen-bond donors (Lipinski definition) is 1. The van der Waals surface area contributed by atoms with Crippen LogP contribution < -0.4 is 5.32 Å². The first-order chi connectivity index (χ1) is 8.60. The summed E-state index contributed by atoms with van der Waals surface area (Å²) in [6.45, 7) is 2.32. The van der Waals surface area contributed by atoms with E-state index in [-0.39, 0.29) is 11.9 Å². The molecule has 1 aliphatic carbocycles. The Hall–Kier alpha value is -0.410. The van der Waals surface area contributed by atoms with Crippen LogP contribution in [0.15, 0.2) is 22.7 Å². The summed E-state index contributed by atoms with van der Waals surface area (Å²) in [6, 6.07) is 5.47. The van der Waals surface area contributed by atoms with Gasteiger partial charge in [-0.05, 0) is 55.5 Å². The maximum Gasteiger partial charge on any atom is 0.124 e. The van der Waals surface area contributed by atoms with Crippen LogP contribution in [0.5, 0.6) is 0 Å². The first-order valence-corrected chi connectivity index (χ1v) is 7.52. The number of halogens is 2. The van der Waals surface area contributed by atoms with Gasteiger partial charge < -0.3 is 5.32 Å². The molecule has 1 fully saturated rings. The summed E-state index contributed by atoms with van der Waals surface area (Å²) in [7, 11) is 1.97. The highest BCUT2D eigenvalue weighted by molar-refractivity contribution is 9.10. The molecule has 1 aromatic rings. The van der Waals surface area contributed by atoms with E-state index in [4.69, 9.17) is 0 Å². The van der Waals surface area contributed by atoms with Gasteiger partial charge >= 0.3 is 0 Å². The lowest BCUT2D eigenvalue weighted by atomic mass is 9.77. The zero-order valence-corrected chi connectivity index (χ0v) is 12.6. The molecule has 1 aliphatic rings. The highest BCUT2D eigenvalue weighted by Gasteiger charge is 2.26. The molecule has 1 saturated carbocycles. The molecule has 2 rings (SSSR count). The van der Waals surface area contributed by atoms with Crippen molar-refractivity contribution >= 4 is 15.9 Å². The molecule has 0 bridgehead atoms. The molecule has 0 aliphatic heterocycles. The zero-order chi connectivity index (χ0) is 13.1. The van der Waals surface area contributed by atoms with E-state index in [2.05, 4.69) is 28.2 Å². The summed E-state index contributed by atoms with van der Waals surface area (Å²) >= 11 is 3.38. The monoisotopic (exact) mass is 313 g/mol. The highest BCUT2D eigenvalue weighted by Crippen LogP contribution is 2.37. The Morgan fingerprint density at radius 1 is 1.22 bits per heavy atom. The number of nitrogens with one attached hydrogen (secondary N) is 1. The molecule has 0 heterocycles. The van der Waals surface area contributed by atoms with E-state index >= 15 is 0 Å². The maximum atomic E-state index is 13.5. The summed E-state index contributed by atoms with van der Waals surface area (Å²) < 4.78 is 14.3. The lowest BCUT2D eigenvalue weighted by Crippen LogP contribution is -2.28. The Balaban J connectivity index is 2.17. The van der Waals surface area contributed by atoms with Gasteiger partial charge in [-0.2, -0.15) is 0 Å². The van der Waals surface area contributed by atoms with Crippen LogP contribution in [0.4, 0.5) is 4.39 Å². The Morgan fingerprint density at radius 3 is 2.44 bits per heavy atom. The summed E-state index contributed by atoms with van der Waals surface area (Å²) in [4.78, 5) is 0. The largest absolute Gasteiger partial charge is 0.313 e. The van der Waals surface area contributed by atoms with Gasteiger partial charge in [-0.1, -0.05) is 35.7 Å². The SMILES string of the molecule is CNC(c1cc(F)cc(Br)c1)C1CCC(C)CC1. The van der Waals surface area contributed by atoms with E-state index in [1.807, 2.05) is 13.1 Å². The Labute approximate surface area is 117 Å². The smallest absolute Gasteiger partial charge is 0.124 e. The van der Waals surface area contributed by atoms with Crippen LogP contribution in [0.1, 0.15) is 44.2 Å².